The Morgan fingerprint density at radius 2 is 2.08 bits per heavy atom. The van der Waals surface area contributed by atoms with E-state index >= 15 is 0 Å². The van der Waals surface area contributed by atoms with Gasteiger partial charge in [0.1, 0.15) is 11.5 Å². The zero-order valence-corrected chi connectivity index (χ0v) is 17.7. The zero-order chi connectivity index (χ0) is 17.2. The van der Waals surface area contributed by atoms with E-state index in [1.165, 1.54) is 0 Å². The Morgan fingerprint density at radius 1 is 1.32 bits per heavy atom. The molecule has 0 bridgehead atoms. The summed E-state index contributed by atoms with van der Waals surface area (Å²) in [7, 11) is 1.69. The Balaban J connectivity index is 0.00000312. The number of methoxy groups -OCH3 is 1. The highest BCUT2D eigenvalue weighted by Gasteiger charge is 2.25. The first-order valence-electron chi connectivity index (χ1n) is 8.63. The lowest BCUT2D eigenvalue weighted by Gasteiger charge is -2.32. The number of guanidine groups is 1. The standard InChI is InChI=1S/C17H30N4O3.HI/c1-4-18-17(19-7-10-22-3)20-13-15(16-6-5-14(2)24-16)21-8-11-23-12-9-21;/h5-6,15H,4,7-13H2,1-3H3,(H2,18,19,20);1H. The number of aryl methyl sites for hydroxylation is 1. The number of halogens is 1. The van der Waals surface area contributed by atoms with Crippen LogP contribution < -0.4 is 10.6 Å². The van der Waals surface area contributed by atoms with E-state index in [0.717, 1.165) is 56.9 Å². The summed E-state index contributed by atoms with van der Waals surface area (Å²) in [5.41, 5.74) is 0. The maximum absolute atomic E-state index is 5.88. The molecule has 0 aromatic carbocycles. The normalized spacial score (nSPS) is 17.0. The molecule has 1 saturated heterocycles. The molecule has 1 aliphatic rings. The maximum atomic E-state index is 5.88. The Labute approximate surface area is 167 Å². The summed E-state index contributed by atoms with van der Waals surface area (Å²) < 4.78 is 16.4. The third-order valence-electron chi connectivity index (χ3n) is 3.94. The van der Waals surface area contributed by atoms with Crippen LogP contribution in [0.1, 0.15) is 24.5 Å². The van der Waals surface area contributed by atoms with Crippen molar-refractivity contribution in [3.05, 3.63) is 23.7 Å². The number of furan rings is 1. The van der Waals surface area contributed by atoms with Gasteiger partial charge in [0.25, 0.3) is 0 Å². The number of morpholine rings is 1. The molecule has 144 valence electrons. The average molecular weight is 466 g/mol. The Kier molecular flexibility index (Phi) is 11.1. The second-order valence-electron chi connectivity index (χ2n) is 5.75. The van der Waals surface area contributed by atoms with Crippen LogP contribution >= 0.6 is 24.0 Å². The zero-order valence-electron chi connectivity index (χ0n) is 15.4. The van der Waals surface area contributed by atoms with Crippen molar-refractivity contribution in [2.75, 3.05) is 59.7 Å². The van der Waals surface area contributed by atoms with Crippen molar-refractivity contribution in [3.63, 3.8) is 0 Å². The van der Waals surface area contributed by atoms with Gasteiger partial charge < -0.3 is 24.5 Å². The number of nitrogens with one attached hydrogen (secondary N) is 2. The molecular weight excluding hydrogens is 435 g/mol. The van der Waals surface area contributed by atoms with Crippen LogP contribution in [0, 0.1) is 6.92 Å². The average Bonchev–Trinajstić information content (AvgIpc) is 3.02. The largest absolute Gasteiger partial charge is 0.465 e. The molecule has 0 aliphatic carbocycles. The minimum Gasteiger partial charge on any atom is -0.465 e. The molecule has 1 aromatic rings. The van der Waals surface area contributed by atoms with Gasteiger partial charge in [-0.25, -0.2) is 0 Å². The molecule has 1 aromatic heterocycles. The molecule has 0 spiro atoms. The second kappa shape index (κ2) is 12.5. The summed E-state index contributed by atoms with van der Waals surface area (Å²) in [6.07, 6.45) is 0. The van der Waals surface area contributed by atoms with Crippen LogP contribution in [-0.4, -0.2) is 70.5 Å². The minimum absolute atomic E-state index is 0. The molecule has 2 heterocycles. The van der Waals surface area contributed by atoms with Gasteiger partial charge in [0, 0.05) is 33.3 Å². The second-order valence-corrected chi connectivity index (χ2v) is 5.75. The van der Waals surface area contributed by atoms with Crippen molar-refractivity contribution in [2.24, 2.45) is 4.99 Å². The first kappa shape index (κ1) is 22.2. The SMILES string of the molecule is CCNC(=NCC(c1ccc(C)o1)N1CCOCC1)NCCOC.I. The number of hydrogen-bond acceptors (Lipinski definition) is 5. The molecule has 1 aliphatic heterocycles. The van der Waals surface area contributed by atoms with Crippen LogP contribution in [0.5, 0.6) is 0 Å². The summed E-state index contributed by atoms with van der Waals surface area (Å²) in [6, 6.07) is 4.19. The molecule has 2 rings (SSSR count). The number of nitrogens with zero attached hydrogens (tertiary/aromatic N) is 2. The summed E-state index contributed by atoms with van der Waals surface area (Å²) in [6.45, 7) is 10.2. The highest BCUT2D eigenvalue weighted by atomic mass is 127. The highest BCUT2D eigenvalue weighted by molar-refractivity contribution is 14.0. The third kappa shape index (κ3) is 7.51. The molecule has 1 atom stereocenters. The van der Waals surface area contributed by atoms with E-state index in [-0.39, 0.29) is 30.0 Å². The molecule has 0 amide bonds. The van der Waals surface area contributed by atoms with E-state index in [0.29, 0.717) is 13.2 Å². The monoisotopic (exact) mass is 466 g/mol. The predicted molar refractivity (Wildman–Crippen MR) is 110 cm³/mol. The van der Waals surface area contributed by atoms with Gasteiger partial charge in [-0.2, -0.15) is 0 Å². The van der Waals surface area contributed by atoms with Crippen LogP contribution in [0.25, 0.3) is 0 Å². The minimum atomic E-state index is 0. The van der Waals surface area contributed by atoms with Crippen LogP contribution in [0.15, 0.2) is 21.5 Å². The van der Waals surface area contributed by atoms with Crippen molar-refractivity contribution >= 4 is 29.9 Å². The van der Waals surface area contributed by atoms with Gasteiger partial charge in [-0.3, -0.25) is 9.89 Å². The van der Waals surface area contributed by atoms with Crippen molar-refractivity contribution < 1.29 is 13.9 Å². The molecule has 2 N–H and O–H groups in total. The highest BCUT2D eigenvalue weighted by Crippen LogP contribution is 2.24. The topological polar surface area (TPSA) is 71.3 Å². The summed E-state index contributed by atoms with van der Waals surface area (Å²) in [5, 5.41) is 6.54. The fourth-order valence-electron chi connectivity index (χ4n) is 2.70. The van der Waals surface area contributed by atoms with Crippen LogP contribution in [-0.2, 0) is 9.47 Å². The molecule has 8 heteroatoms. The van der Waals surface area contributed by atoms with Gasteiger partial charge in [-0.1, -0.05) is 0 Å². The Hall–Kier alpha value is -0.840. The molecule has 0 radical (unpaired) electrons. The number of ether oxygens (including phenoxy) is 2. The lowest BCUT2D eigenvalue weighted by molar-refractivity contribution is 0.0135. The lowest BCUT2D eigenvalue weighted by atomic mass is 10.1. The van der Waals surface area contributed by atoms with Crippen molar-refractivity contribution in [1.82, 2.24) is 15.5 Å². The van der Waals surface area contributed by atoms with Gasteiger partial charge in [-0.05, 0) is 26.0 Å². The summed E-state index contributed by atoms with van der Waals surface area (Å²) in [4.78, 5) is 7.12. The van der Waals surface area contributed by atoms with E-state index in [2.05, 4.69) is 28.5 Å². The van der Waals surface area contributed by atoms with Crippen LogP contribution in [0.3, 0.4) is 0 Å². The summed E-state index contributed by atoms with van der Waals surface area (Å²) >= 11 is 0. The molecule has 0 saturated carbocycles. The van der Waals surface area contributed by atoms with Gasteiger partial charge in [0.15, 0.2) is 5.96 Å². The van der Waals surface area contributed by atoms with Crippen molar-refractivity contribution in [3.8, 4) is 0 Å². The van der Waals surface area contributed by atoms with Gasteiger partial charge in [0.05, 0.1) is 32.4 Å². The Morgan fingerprint density at radius 3 is 2.68 bits per heavy atom. The third-order valence-corrected chi connectivity index (χ3v) is 3.94. The van der Waals surface area contributed by atoms with E-state index in [1.807, 2.05) is 13.0 Å². The maximum Gasteiger partial charge on any atom is 0.191 e. The number of aliphatic imine (C=N–C) groups is 1. The smallest absolute Gasteiger partial charge is 0.191 e. The summed E-state index contributed by atoms with van der Waals surface area (Å²) in [5.74, 6) is 2.69. The van der Waals surface area contributed by atoms with E-state index in [1.54, 1.807) is 7.11 Å². The van der Waals surface area contributed by atoms with Crippen molar-refractivity contribution in [1.29, 1.82) is 0 Å². The van der Waals surface area contributed by atoms with E-state index < -0.39 is 0 Å². The number of hydrogen-bond donors (Lipinski definition) is 2. The van der Waals surface area contributed by atoms with Crippen LogP contribution in [0.4, 0.5) is 0 Å². The molecule has 1 fully saturated rings. The van der Waals surface area contributed by atoms with Gasteiger partial charge in [-0.15, -0.1) is 24.0 Å². The van der Waals surface area contributed by atoms with Gasteiger partial charge in [0.2, 0.25) is 0 Å². The van der Waals surface area contributed by atoms with E-state index in [4.69, 9.17) is 18.9 Å². The Bertz CT molecular complexity index is 504. The number of rotatable bonds is 8. The first-order valence-corrected chi connectivity index (χ1v) is 8.63. The fraction of sp³-hybridized carbons (Fsp3) is 0.706. The lowest BCUT2D eigenvalue weighted by Crippen LogP contribution is -2.42. The van der Waals surface area contributed by atoms with E-state index in [9.17, 15) is 0 Å². The quantitative estimate of drug-likeness (QED) is 0.264. The molecule has 1 unspecified atom stereocenters. The van der Waals surface area contributed by atoms with Crippen molar-refractivity contribution in [2.45, 2.75) is 19.9 Å². The molecule has 25 heavy (non-hydrogen) atoms. The first-order chi connectivity index (χ1) is 11.7. The molecule has 7 nitrogen and oxygen atoms in total. The molecular formula is C17H31IN4O3. The van der Waals surface area contributed by atoms with Gasteiger partial charge >= 0.3 is 0 Å². The predicted octanol–water partition coefficient (Wildman–Crippen LogP) is 1.78. The van der Waals surface area contributed by atoms with Crippen LogP contribution in [0.2, 0.25) is 0 Å². The fourth-order valence-corrected chi connectivity index (χ4v) is 2.70.